The Morgan fingerprint density at radius 1 is 1.13 bits per heavy atom. The van der Waals surface area contributed by atoms with Crippen molar-refractivity contribution in [1.82, 2.24) is 4.90 Å². The molecule has 2 aliphatic heterocycles. The second-order valence-electron chi connectivity index (χ2n) is 4.42. The van der Waals surface area contributed by atoms with E-state index < -0.39 is 0 Å². The smallest absolute Gasteiger partial charge is 0.0748 e. The van der Waals surface area contributed by atoms with Crippen LogP contribution in [0.1, 0.15) is 5.56 Å². The van der Waals surface area contributed by atoms with Gasteiger partial charge in [-0.25, -0.2) is 0 Å². The Morgan fingerprint density at radius 2 is 1.93 bits per heavy atom. The van der Waals surface area contributed by atoms with Crippen molar-refractivity contribution < 1.29 is 5.11 Å². The van der Waals surface area contributed by atoms with Crippen LogP contribution < -0.4 is 0 Å². The summed E-state index contributed by atoms with van der Waals surface area (Å²) >= 11 is 0. The highest BCUT2D eigenvalue weighted by atomic mass is 16.3. The highest BCUT2D eigenvalue weighted by molar-refractivity contribution is 5.69. The second kappa shape index (κ2) is 3.47. The summed E-state index contributed by atoms with van der Waals surface area (Å²) in [6.45, 7) is 2.83. The molecule has 1 fully saturated rings. The summed E-state index contributed by atoms with van der Waals surface area (Å²) in [5.41, 5.74) is 2.60. The predicted octanol–water partition coefficient (Wildman–Crippen LogP) is 1.38. The summed E-state index contributed by atoms with van der Waals surface area (Å²) in [4.78, 5) is 2.31. The molecule has 0 radical (unpaired) electrons. The minimum atomic E-state index is -0.182. The molecular formula is C13H15NO. The topological polar surface area (TPSA) is 23.5 Å². The molecule has 2 heteroatoms. The molecule has 3 atom stereocenters. The van der Waals surface area contributed by atoms with E-state index in [0.29, 0.717) is 5.92 Å². The maximum Gasteiger partial charge on any atom is 0.0748 e. The van der Waals surface area contributed by atoms with E-state index in [1.807, 2.05) is 6.07 Å². The van der Waals surface area contributed by atoms with Gasteiger partial charge in [0, 0.05) is 25.6 Å². The Balaban J connectivity index is 1.97. The van der Waals surface area contributed by atoms with Crippen molar-refractivity contribution in [1.29, 1.82) is 0 Å². The summed E-state index contributed by atoms with van der Waals surface area (Å²) in [5.74, 6) is 0.321. The van der Waals surface area contributed by atoms with Crippen LogP contribution >= 0.6 is 0 Å². The Labute approximate surface area is 89.8 Å². The molecule has 2 heterocycles. The molecule has 2 bridgehead atoms. The molecule has 0 aromatic heterocycles. The van der Waals surface area contributed by atoms with Gasteiger partial charge in [-0.3, -0.25) is 4.90 Å². The lowest BCUT2D eigenvalue weighted by molar-refractivity contribution is 0.164. The third-order valence-corrected chi connectivity index (χ3v) is 3.44. The van der Waals surface area contributed by atoms with Crippen molar-refractivity contribution in [2.24, 2.45) is 5.92 Å². The third-order valence-electron chi connectivity index (χ3n) is 3.44. The molecule has 0 saturated carbocycles. The molecule has 2 aliphatic rings. The molecule has 2 nitrogen and oxygen atoms in total. The highest BCUT2D eigenvalue weighted by Gasteiger charge is 2.36. The molecule has 0 spiro atoms. The van der Waals surface area contributed by atoms with E-state index in [2.05, 4.69) is 35.2 Å². The fourth-order valence-electron chi connectivity index (χ4n) is 2.66. The van der Waals surface area contributed by atoms with Crippen LogP contribution in [0.15, 0.2) is 36.4 Å². The number of aliphatic hydroxyl groups is 1. The van der Waals surface area contributed by atoms with Crippen LogP contribution in [-0.2, 0) is 0 Å². The molecule has 0 amide bonds. The lowest BCUT2D eigenvalue weighted by atomic mass is 9.89. The average Bonchev–Trinajstić information content (AvgIpc) is 2.57. The summed E-state index contributed by atoms with van der Waals surface area (Å²) in [6.07, 6.45) is 2.08. The van der Waals surface area contributed by atoms with Crippen LogP contribution in [0, 0.1) is 5.92 Å². The van der Waals surface area contributed by atoms with Gasteiger partial charge in [-0.05, 0) is 11.1 Å². The largest absolute Gasteiger partial charge is 0.391 e. The predicted molar refractivity (Wildman–Crippen MR) is 60.4 cm³/mol. The fourth-order valence-corrected chi connectivity index (χ4v) is 2.66. The quantitative estimate of drug-likeness (QED) is 0.742. The van der Waals surface area contributed by atoms with Gasteiger partial charge in [-0.1, -0.05) is 36.4 Å². The maximum atomic E-state index is 9.95. The molecule has 78 valence electrons. The zero-order valence-electron chi connectivity index (χ0n) is 8.63. The Morgan fingerprint density at radius 3 is 2.73 bits per heavy atom. The molecule has 1 N–H and O–H groups in total. The van der Waals surface area contributed by atoms with Gasteiger partial charge in [-0.15, -0.1) is 0 Å². The SMILES string of the molecule is OC1CN2CC=C(c3ccccc3)C1C2. The lowest BCUT2D eigenvalue weighted by Crippen LogP contribution is -2.24. The van der Waals surface area contributed by atoms with Crippen molar-refractivity contribution in [3.63, 3.8) is 0 Å². The van der Waals surface area contributed by atoms with Crippen LogP contribution in [-0.4, -0.2) is 35.7 Å². The first-order valence-corrected chi connectivity index (χ1v) is 5.50. The summed E-state index contributed by atoms with van der Waals surface area (Å²) in [5, 5.41) is 9.95. The van der Waals surface area contributed by atoms with Gasteiger partial charge in [0.1, 0.15) is 0 Å². The molecule has 1 saturated heterocycles. The first-order chi connectivity index (χ1) is 7.34. The van der Waals surface area contributed by atoms with E-state index in [-0.39, 0.29) is 6.10 Å². The highest BCUT2D eigenvalue weighted by Crippen LogP contribution is 2.34. The average molecular weight is 201 g/mol. The van der Waals surface area contributed by atoms with Crippen molar-refractivity contribution in [3.05, 3.63) is 42.0 Å². The van der Waals surface area contributed by atoms with Crippen LogP contribution in [0.2, 0.25) is 0 Å². The minimum absolute atomic E-state index is 0.182. The van der Waals surface area contributed by atoms with E-state index in [4.69, 9.17) is 0 Å². The zero-order valence-corrected chi connectivity index (χ0v) is 8.63. The van der Waals surface area contributed by atoms with Crippen molar-refractivity contribution in [2.45, 2.75) is 6.10 Å². The minimum Gasteiger partial charge on any atom is -0.391 e. The van der Waals surface area contributed by atoms with Crippen LogP contribution in [0.5, 0.6) is 0 Å². The molecule has 1 aromatic carbocycles. The van der Waals surface area contributed by atoms with Crippen molar-refractivity contribution in [3.8, 4) is 0 Å². The van der Waals surface area contributed by atoms with E-state index in [0.717, 1.165) is 19.6 Å². The first kappa shape index (κ1) is 9.13. The van der Waals surface area contributed by atoms with Gasteiger partial charge >= 0.3 is 0 Å². The van der Waals surface area contributed by atoms with Crippen molar-refractivity contribution in [2.75, 3.05) is 19.6 Å². The van der Waals surface area contributed by atoms with E-state index in [1.165, 1.54) is 11.1 Å². The number of hydrogen-bond donors (Lipinski definition) is 1. The first-order valence-electron chi connectivity index (χ1n) is 5.50. The summed E-state index contributed by atoms with van der Waals surface area (Å²) in [6, 6.07) is 10.4. The molecule has 3 unspecified atom stereocenters. The van der Waals surface area contributed by atoms with Gasteiger partial charge in [-0.2, -0.15) is 0 Å². The van der Waals surface area contributed by atoms with Gasteiger partial charge in [0.2, 0.25) is 0 Å². The van der Waals surface area contributed by atoms with Gasteiger partial charge < -0.3 is 5.11 Å². The number of aliphatic hydroxyl groups excluding tert-OH is 1. The van der Waals surface area contributed by atoms with Crippen molar-refractivity contribution >= 4 is 5.57 Å². The van der Waals surface area contributed by atoms with Gasteiger partial charge in [0.15, 0.2) is 0 Å². The zero-order chi connectivity index (χ0) is 10.3. The maximum absolute atomic E-state index is 9.95. The molecule has 0 aliphatic carbocycles. The lowest BCUT2D eigenvalue weighted by Gasteiger charge is -2.23. The van der Waals surface area contributed by atoms with E-state index in [1.54, 1.807) is 0 Å². The Kier molecular flexibility index (Phi) is 2.11. The standard InChI is InChI=1S/C13H15NO/c15-13-9-14-7-6-11(12(13)8-14)10-4-2-1-3-5-10/h1-6,12-13,15H,7-9H2. The van der Waals surface area contributed by atoms with E-state index in [9.17, 15) is 5.11 Å². The summed E-state index contributed by atoms with van der Waals surface area (Å²) < 4.78 is 0. The monoisotopic (exact) mass is 201 g/mol. The molecule has 15 heavy (non-hydrogen) atoms. The Bertz CT molecular complexity index is 385. The van der Waals surface area contributed by atoms with Gasteiger partial charge in [0.25, 0.3) is 0 Å². The molecule has 1 aromatic rings. The normalized spacial score (nSPS) is 33.9. The molecular weight excluding hydrogens is 186 g/mol. The van der Waals surface area contributed by atoms with Gasteiger partial charge in [0.05, 0.1) is 6.10 Å². The van der Waals surface area contributed by atoms with Crippen LogP contribution in [0.25, 0.3) is 5.57 Å². The summed E-state index contributed by atoms with van der Waals surface area (Å²) in [7, 11) is 0. The van der Waals surface area contributed by atoms with E-state index >= 15 is 0 Å². The third kappa shape index (κ3) is 1.50. The molecule has 3 rings (SSSR count). The van der Waals surface area contributed by atoms with Crippen LogP contribution in [0.3, 0.4) is 0 Å². The number of rotatable bonds is 1. The number of fused-ring (bicyclic) bond motifs is 2. The Hall–Kier alpha value is -1.12. The number of nitrogens with zero attached hydrogens (tertiary/aromatic N) is 1. The number of hydrogen-bond acceptors (Lipinski definition) is 2. The second-order valence-corrected chi connectivity index (χ2v) is 4.42. The van der Waals surface area contributed by atoms with Crippen LogP contribution in [0.4, 0.5) is 0 Å². The number of benzene rings is 1. The fraction of sp³-hybridized carbons (Fsp3) is 0.385.